The molecule has 5 aromatic heterocycles. The molecule has 16 nitrogen and oxygen atoms in total. The number of aromatic nitrogens is 4. The molecule has 2 aliphatic rings. The van der Waals surface area contributed by atoms with Crippen LogP contribution in [0.3, 0.4) is 0 Å². The standard InChI is InChI=1S/C31H37ClFN3O5.C28H27ClFN5O3/c1-29(2,3)19-15-22(18-8-9-20(32)21(33)14-18)34-23-16-24(41-26(19)23)27(38)36-13-12-35(17-31(36,6)7)25(37)10-11-30(4,5)28(39)40;1-27(2,3)17-14-20(16-7-8-18(29)19(30)13-16)33-21-15-22(38-23(17)21)24(36)35-12-11-34(25(37)28(35,4)5)26-31-9-6-10-32-26/h8-9,14-16H,10-13,17H2,1-7H3,(H,39,40);6-10,13-15H,11-12H2,1-5H3. The minimum Gasteiger partial charge on any atom is -0.481 e. The van der Waals surface area contributed by atoms with E-state index in [1.165, 1.54) is 34.1 Å². The van der Waals surface area contributed by atoms with Gasteiger partial charge in [0.05, 0.1) is 32.4 Å². The summed E-state index contributed by atoms with van der Waals surface area (Å²) in [6.07, 6.45) is 3.49. The van der Waals surface area contributed by atoms with E-state index in [0.29, 0.717) is 70.3 Å². The Balaban J connectivity index is 0.000000209. The Morgan fingerprint density at radius 2 is 1.14 bits per heavy atom. The number of furan rings is 2. The van der Waals surface area contributed by atoms with E-state index < -0.39 is 40.0 Å². The topological polar surface area (TPSA) is 196 Å². The largest absolute Gasteiger partial charge is 0.481 e. The molecule has 1 N–H and O–H groups in total. The molecule has 0 spiro atoms. The fraction of sp³-hybridized carbons (Fsp3) is 0.407. The molecule has 0 unspecified atom stereocenters. The van der Waals surface area contributed by atoms with Crippen LogP contribution in [0.1, 0.15) is 128 Å². The number of aliphatic carboxylic acids is 1. The van der Waals surface area contributed by atoms with Crippen LogP contribution in [0.4, 0.5) is 14.7 Å². The molecule has 0 aliphatic carbocycles. The van der Waals surface area contributed by atoms with Crippen molar-refractivity contribution >= 4 is 80.9 Å². The average Bonchev–Trinajstić information content (AvgIpc) is 4.29. The number of halogens is 4. The van der Waals surface area contributed by atoms with Gasteiger partial charge in [0.25, 0.3) is 17.7 Å². The summed E-state index contributed by atoms with van der Waals surface area (Å²) in [5.41, 5.74) is 2.15. The number of carbonyl (C=O) groups excluding carboxylic acids is 4. The molecular weight excluding hydrogens is 1060 g/mol. The van der Waals surface area contributed by atoms with E-state index in [1.807, 2.05) is 67.5 Å². The van der Waals surface area contributed by atoms with Gasteiger partial charge in [0, 0.05) is 85.9 Å². The summed E-state index contributed by atoms with van der Waals surface area (Å²) in [6.45, 7) is 23.9. The van der Waals surface area contributed by atoms with E-state index in [-0.39, 0.29) is 76.0 Å². The first kappa shape index (κ1) is 57.9. The highest BCUT2D eigenvalue weighted by Crippen LogP contribution is 2.39. The van der Waals surface area contributed by atoms with Gasteiger partial charge < -0.3 is 28.6 Å². The van der Waals surface area contributed by atoms with Crippen molar-refractivity contribution in [2.45, 2.75) is 118 Å². The van der Waals surface area contributed by atoms with Crippen molar-refractivity contribution in [3.05, 3.63) is 123 Å². The lowest BCUT2D eigenvalue weighted by molar-refractivity contribution is -0.148. The van der Waals surface area contributed by atoms with Gasteiger partial charge in [-0.3, -0.25) is 28.9 Å². The van der Waals surface area contributed by atoms with E-state index >= 15 is 0 Å². The number of nitrogens with zero attached hydrogens (tertiary/aromatic N) is 8. The Kier molecular flexibility index (Phi) is 15.7. The molecule has 0 bridgehead atoms. The molecule has 2 saturated heterocycles. The van der Waals surface area contributed by atoms with Gasteiger partial charge in [-0.15, -0.1) is 0 Å². The Morgan fingerprint density at radius 1 is 0.671 bits per heavy atom. The van der Waals surface area contributed by atoms with Crippen molar-refractivity contribution in [3.8, 4) is 22.5 Å². The third-order valence-corrected chi connectivity index (χ3v) is 15.1. The number of amides is 4. The SMILES string of the molecule is CC(C)(C)c1cc(-c2ccc(Cl)c(F)c2)nc2cc(C(=O)N3CCN(c4ncccn4)C(=O)C3(C)C)oc12.CC(C)(CCC(=O)N1CCN(C(=O)c2cc3nc(-c4ccc(Cl)c(F)c4)cc(C(C)(C)C)c3o2)C(C)(C)C1)C(=O)O. The van der Waals surface area contributed by atoms with Gasteiger partial charge in [0.15, 0.2) is 22.7 Å². The smallest absolute Gasteiger partial charge is 0.309 e. The van der Waals surface area contributed by atoms with E-state index in [0.717, 1.165) is 11.1 Å². The van der Waals surface area contributed by atoms with Crippen LogP contribution < -0.4 is 4.90 Å². The number of hydrogen-bond donors (Lipinski definition) is 1. The minimum atomic E-state index is -1.17. The molecule has 2 aliphatic heterocycles. The molecule has 7 heterocycles. The zero-order valence-corrected chi connectivity index (χ0v) is 47.9. The summed E-state index contributed by atoms with van der Waals surface area (Å²) in [4.78, 5) is 89.3. The molecule has 4 amide bonds. The lowest BCUT2D eigenvalue weighted by Crippen LogP contribution is -2.65. The van der Waals surface area contributed by atoms with Gasteiger partial charge in [0.1, 0.15) is 28.2 Å². The van der Waals surface area contributed by atoms with Crippen molar-refractivity contribution < 1.29 is 46.7 Å². The molecule has 0 saturated carbocycles. The van der Waals surface area contributed by atoms with Crippen LogP contribution in [0.15, 0.2) is 88.0 Å². The second kappa shape index (κ2) is 21.4. The molecule has 0 radical (unpaired) electrons. The molecule has 20 heteroatoms. The van der Waals surface area contributed by atoms with Crippen LogP contribution in [0.5, 0.6) is 0 Å². The van der Waals surface area contributed by atoms with Crippen LogP contribution in [-0.2, 0) is 25.2 Å². The number of hydrogen-bond acceptors (Lipinski definition) is 11. The molecule has 2 fully saturated rings. The maximum Gasteiger partial charge on any atom is 0.309 e. The van der Waals surface area contributed by atoms with Gasteiger partial charge in [-0.05, 0) is 101 Å². The summed E-state index contributed by atoms with van der Waals surface area (Å²) in [5.74, 6) is -2.69. The molecule has 7 aromatic rings. The molecule has 0 atom stereocenters. The lowest BCUT2D eigenvalue weighted by atomic mass is 9.86. The summed E-state index contributed by atoms with van der Waals surface area (Å²) >= 11 is 11.7. The molecule has 2 aromatic carbocycles. The fourth-order valence-corrected chi connectivity index (χ4v) is 9.91. The normalized spacial score (nSPS) is 15.8. The highest BCUT2D eigenvalue weighted by molar-refractivity contribution is 6.31. The van der Waals surface area contributed by atoms with Crippen LogP contribution in [0.25, 0.3) is 44.7 Å². The highest BCUT2D eigenvalue weighted by Gasteiger charge is 2.47. The maximum absolute atomic E-state index is 14.2. The Morgan fingerprint density at radius 3 is 1.58 bits per heavy atom. The van der Waals surface area contributed by atoms with Gasteiger partial charge in [-0.25, -0.2) is 28.7 Å². The first-order valence-electron chi connectivity index (χ1n) is 25.8. The van der Waals surface area contributed by atoms with E-state index in [2.05, 4.69) is 15.0 Å². The predicted octanol–water partition coefficient (Wildman–Crippen LogP) is 12.2. The Bertz CT molecular complexity index is 3550. The summed E-state index contributed by atoms with van der Waals surface area (Å²) < 4.78 is 40.7. The van der Waals surface area contributed by atoms with E-state index in [1.54, 1.807) is 80.2 Å². The number of rotatable bonds is 9. The first-order chi connectivity index (χ1) is 36.8. The van der Waals surface area contributed by atoms with E-state index in [4.69, 9.17) is 37.0 Å². The van der Waals surface area contributed by atoms with Crippen LogP contribution in [-0.4, -0.2) is 113 Å². The van der Waals surface area contributed by atoms with Gasteiger partial charge in [-0.2, -0.15) is 0 Å². The minimum absolute atomic E-state index is 0.0237. The van der Waals surface area contributed by atoms with Crippen molar-refractivity contribution in [2.75, 3.05) is 37.6 Å². The summed E-state index contributed by atoms with van der Waals surface area (Å²) in [5, 5.41) is 9.41. The van der Waals surface area contributed by atoms with Crippen LogP contribution >= 0.6 is 23.2 Å². The predicted molar refractivity (Wildman–Crippen MR) is 298 cm³/mol. The lowest BCUT2D eigenvalue weighted by Gasteiger charge is -2.46. The number of carboxylic acid groups (broad SMARTS) is 1. The maximum atomic E-state index is 14.2. The molecule has 9 rings (SSSR count). The van der Waals surface area contributed by atoms with Gasteiger partial charge in [-0.1, -0.05) is 76.9 Å². The number of piperazine rings is 2. The monoisotopic (exact) mass is 1120 g/mol. The number of carboxylic acids is 1. The van der Waals surface area contributed by atoms with Crippen molar-refractivity contribution in [1.82, 2.24) is 34.6 Å². The molecule has 79 heavy (non-hydrogen) atoms. The van der Waals surface area contributed by atoms with Gasteiger partial charge in [0.2, 0.25) is 11.9 Å². The Hall–Kier alpha value is -7.31. The first-order valence-corrected chi connectivity index (χ1v) is 26.6. The van der Waals surface area contributed by atoms with Crippen LogP contribution in [0, 0.1) is 17.0 Å². The zero-order chi connectivity index (χ0) is 57.9. The number of anilines is 1. The number of carbonyl (C=O) groups is 5. The second-order valence-corrected chi connectivity index (χ2v) is 24.6. The third kappa shape index (κ3) is 11.9. The fourth-order valence-electron chi connectivity index (χ4n) is 9.67. The van der Waals surface area contributed by atoms with Crippen molar-refractivity contribution in [3.63, 3.8) is 0 Å². The van der Waals surface area contributed by atoms with E-state index in [9.17, 15) is 37.9 Å². The number of benzene rings is 2. The van der Waals surface area contributed by atoms with Crippen molar-refractivity contribution in [2.24, 2.45) is 5.41 Å². The number of pyridine rings is 2. The second-order valence-electron chi connectivity index (χ2n) is 23.8. The molecular formula is C59H64Cl2F2N8O8. The third-order valence-electron chi connectivity index (χ3n) is 14.5. The Labute approximate surface area is 467 Å². The molecule has 416 valence electrons. The quantitative estimate of drug-likeness (QED) is 0.144. The summed E-state index contributed by atoms with van der Waals surface area (Å²) in [7, 11) is 0. The van der Waals surface area contributed by atoms with Gasteiger partial charge >= 0.3 is 5.97 Å². The van der Waals surface area contributed by atoms with Crippen LogP contribution in [0.2, 0.25) is 10.0 Å². The number of fused-ring (bicyclic) bond motifs is 2. The highest BCUT2D eigenvalue weighted by atomic mass is 35.5. The zero-order valence-electron chi connectivity index (χ0n) is 46.3. The summed E-state index contributed by atoms with van der Waals surface area (Å²) in [6, 6.07) is 17.6. The average molecular weight is 1120 g/mol. The van der Waals surface area contributed by atoms with Crippen molar-refractivity contribution in [1.29, 1.82) is 0 Å².